The smallest absolute Gasteiger partial charge is 0.221 e. The fourth-order valence-electron chi connectivity index (χ4n) is 2.46. The van der Waals surface area contributed by atoms with Crippen LogP contribution in [-0.2, 0) is 11.3 Å². The molecule has 1 amide bonds. The first-order valence-corrected chi connectivity index (χ1v) is 6.46. The van der Waals surface area contributed by atoms with Crippen LogP contribution in [0.15, 0.2) is 12.4 Å². The molecular weight excluding hydrogens is 232 g/mol. The van der Waals surface area contributed by atoms with Crippen molar-refractivity contribution in [3.8, 4) is 0 Å². The number of carbonyl (C=O) groups is 1. The molecule has 0 bridgehead atoms. The molecule has 1 saturated carbocycles. The minimum Gasteiger partial charge on any atom is -0.396 e. The zero-order valence-corrected chi connectivity index (χ0v) is 10.5. The molecule has 6 heteroatoms. The van der Waals surface area contributed by atoms with E-state index in [-0.39, 0.29) is 17.9 Å². The van der Waals surface area contributed by atoms with E-state index in [9.17, 15) is 9.90 Å². The molecule has 0 aliphatic heterocycles. The number of nitrogens with zero attached hydrogens (tertiary/aromatic N) is 3. The molecular formula is C12H20N4O2. The van der Waals surface area contributed by atoms with Crippen LogP contribution in [0.1, 0.15) is 32.1 Å². The van der Waals surface area contributed by atoms with Crippen molar-refractivity contribution in [1.82, 2.24) is 20.3 Å². The van der Waals surface area contributed by atoms with Crippen LogP contribution in [0.2, 0.25) is 0 Å². The predicted octanol–water partition coefficient (Wildman–Crippen LogP) is 0.337. The minimum atomic E-state index is -0.0804. The Balaban J connectivity index is 1.71. The Labute approximate surface area is 106 Å². The molecule has 2 rings (SSSR count). The molecule has 1 aromatic rings. The van der Waals surface area contributed by atoms with Gasteiger partial charge in [-0.1, -0.05) is 18.1 Å². The quantitative estimate of drug-likeness (QED) is 0.765. The van der Waals surface area contributed by atoms with Crippen molar-refractivity contribution in [3.63, 3.8) is 0 Å². The summed E-state index contributed by atoms with van der Waals surface area (Å²) in [6.45, 7) is 1.29. The highest BCUT2D eigenvalue weighted by Gasteiger charge is 2.33. The van der Waals surface area contributed by atoms with Crippen molar-refractivity contribution < 1.29 is 9.90 Å². The van der Waals surface area contributed by atoms with E-state index >= 15 is 0 Å². The topological polar surface area (TPSA) is 80.0 Å². The van der Waals surface area contributed by atoms with Crippen molar-refractivity contribution in [3.05, 3.63) is 12.4 Å². The third-order valence-corrected chi connectivity index (χ3v) is 3.70. The molecule has 0 aromatic carbocycles. The molecule has 1 fully saturated rings. The SMILES string of the molecule is O=C(CCn1ccnn1)NCC1(CO)CCCC1. The summed E-state index contributed by atoms with van der Waals surface area (Å²) in [6.07, 6.45) is 8.03. The molecule has 0 radical (unpaired) electrons. The monoisotopic (exact) mass is 252 g/mol. The summed E-state index contributed by atoms with van der Waals surface area (Å²) in [7, 11) is 0. The maximum absolute atomic E-state index is 11.7. The van der Waals surface area contributed by atoms with Crippen LogP contribution in [-0.4, -0.2) is 39.2 Å². The van der Waals surface area contributed by atoms with Crippen LogP contribution < -0.4 is 5.32 Å². The standard InChI is InChI=1S/C12H20N4O2/c17-10-12(4-1-2-5-12)9-13-11(18)3-7-16-8-6-14-15-16/h6,8,17H,1-5,7,9-10H2,(H,13,18). The van der Waals surface area contributed by atoms with Gasteiger partial charge in [-0.15, -0.1) is 5.10 Å². The van der Waals surface area contributed by atoms with Gasteiger partial charge in [-0.25, -0.2) is 0 Å². The summed E-state index contributed by atoms with van der Waals surface area (Å²) >= 11 is 0. The van der Waals surface area contributed by atoms with Crippen LogP contribution in [0.25, 0.3) is 0 Å². The maximum atomic E-state index is 11.7. The van der Waals surface area contributed by atoms with Gasteiger partial charge in [-0.2, -0.15) is 0 Å². The third-order valence-electron chi connectivity index (χ3n) is 3.70. The molecule has 0 spiro atoms. The number of aromatic nitrogens is 3. The number of hydrogen-bond acceptors (Lipinski definition) is 4. The van der Waals surface area contributed by atoms with Crippen molar-refractivity contribution in [2.45, 2.75) is 38.6 Å². The number of carbonyl (C=O) groups excluding carboxylic acids is 1. The lowest BCUT2D eigenvalue weighted by Gasteiger charge is -2.26. The van der Waals surface area contributed by atoms with Gasteiger partial charge in [-0.05, 0) is 12.8 Å². The van der Waals surface area contributed by atoms with Gasteiger partial charge in [0.15, 0.2) is 0 Å². The Hall–Kier alpha value is -1.43. The summed E-state index contributed by atoms with van der Waals surface area (Å²) in [5.41, 5.74) is -0.0804. The van der Waals surface area contributed by atoms with Crippen LogP contribution in [0.5, 0.6) is 0 Å². The van der Waals surface area contributed by atoms with Gasteiger partial charge in [0.05, 0.1) is 19.3 Å². The molecule has 6 nitrogen and oxygen atoms in total. The Kier molecular flexibility index (Phi) is 4.30. The van der Waals surface area contributed by atoms with E-state index in [1.165, 1.54) is 0 Å². The first-order chi connectivity index (χ1) is 8.74. The number of amides is 1. The summed E-state index contributed by atoms with van der Waals surface area (Å²) in [6, 6.07) is 0. The van der Waals surface area contributed by atoms with Gasteiger partial charge in [-0.3, -0.25) is 9.48 Å². The maximum Gasteiger partial charge on any atom is 0.221 e. The second-order valence-electron chi connectivity index (χ2n) is 5.06. The Morgan fingerprint density at radius 1 is 1.44 bits per heavy atom. The normalized spacial score (nSPS) is 17.8. The molecule has 0 saturated heterocycles. The largest absolute Gasteiger partial charge is 0.396 e. The molecule has 1 aliphatic carbocycles. The van der Waals surface area contributed by atoms with Crippen LogP contribution in [0.3, 0.4) is 0 Å². The van der Waals surface area contributed by atoms with Crippen LogP contribution in [0, 0.1) is 5.41 Å². The molecule has 1 heterocycles. The fourth-order valence-corrected chi connectivity index (χ4v) is 2.46. The van der Waals surface area contributed by atoms with Gasteiger partial charge >= 0.3 is 0 Å². The zero-order chi connectivity index (χ0) is 12.8. The second-order valence-corrected chi connectivity index (χ2v) is 5.06. The van der Waals surface area contributed by atoms with E-state index in [4.69, 9.17) is 0 Å². The predicted molar refractivity (Wildman–Crippen MR) is 65.6 cm³/mol. The highest BCUT2D eigenvalue weighted by molar-refractivity contribution is 5.75. The summed E-state index contributed by atoms with van der Waals surface area (Å²) in [5.74, 6) is 0.00484. The van der Waals surface area contributed by atoms with E-state index < -0.39 is 0 Å². The number of aliphatic hydroxyl groups is 1. The van der Waals surface area contributed by atoms with E-state index in [1.54, 1.807) is 17.1 Å². The number of aryl methyl sites for hydroxylation is 1. The van der Waals surface area contributed by atoms with E-state index in [0.29, 0.717) is 19.5 Å². The molecule has 1 aromatic heterocycles. The fraction of sp³-hybridized carbons (Fsp3) is 0.750. The van der Waals surface area contributed by atoms with Crippen LogP contribution >= 0.6 is 0 Å². The summed E-state index contributed by atoms with van der Waals surface area (Å²) < 4.78 is 1.64. The molecule has 0 atom stereocenters. The van der Waals surface area contributed by atoms with E-state index in [0.717, 1.165) is 25.7 Å². The van der Waals surface area contributed by atoms with Crippen molar-refractivity contribution in [1.29, 1.82) is 0 Å². The Bertz CT molecular complexity index is 371. The summed E-state index contributed by atoms with van der Waals surface area (Å²) in [4.78, 5) is 11.7. The first-order valence-electron chi connectivity index (χ1n) is 6.46. The number of hydrogen-bond donors (Lipinski definition) is 2. The van der Waals surface area contributed by atoms with Crippen molar-refractivity contribution >= 4 is 5.91 Å². The molecule has 18 heavy (non-hydrogen) atoms. The van der Waals surface area contributed by atoms with Gasteiger partial charge in [0.25, 0.3) is 0 Å². The minimum absolute atomic E-state index is 0.00484. The average Bonchev–Trinajstić information content (AvgIpc) is 3.06. The van der Waals surface area contributed by atoms with E-state index in [1.807, 2.05) is 0 Å². The lowest BCUT2D eigenvalue weighted by molar-refractivity contribution is -0.122. The number of aliphatic hydroxyl groups excluding tert-OH is 1. The highest BCUT2D eigenvalue weighted by atomic mass is 16.3. The van der Waals surface area contributed by atoms with E-state index in [2.05, 4.69) is 15.6 Å². The average molecular weight is 252 g/mol. The number of rotatable bonds is 6. The lowest BCUT2D eigenvalue weighted by atomic mass is 9.87. The molecule has 2 N–H and O–H groups in total. The van der Waals surface area contributed by atoms with Crippen molar-refractivity contribution in [2.75, 3.05) is 13.2 Å². The lowest BCUT2D eigenvalue weighted by Crippen LogP contribution is -2.38. The van der Waals surface area contributed by atoms with Crippen molar-refractivity contribution in [2.24, 2.45) is 5.41 Å². The zero-order valence-electron chi connectivity index (χ0n) is 10.5. The Morgan fingerprint density at radius 3 is 2.83 bits per heavy atom. The number of nitrogens with one attached hydrogen (secondary N) is 1. The van der Waals surface area contributed by atoms with Gasteiger partial charge < -0.3 is 10.4 Å². The van der Waals surface area contributed by atoms with Gasteiger partial charge in [0.2, 0.25) is 5.91 Å². The van der Waals surface area contributed by atoms with Gasteiger partial charge in [0.1, 0.15) is 0 Å². The second kappa shape index (κ2) is 5.95. The highest BCUT2D eigenvalue weighted by Crippen LogP contribution is 2.36. The third kappa shape index (κ3) is 3.29. The molecule has 1 aliphatic rings. The van der Waals surface area contributed by atoms with Gasteiger partial charge in [0, 0.05) is 24.6 Å². The first kappa shape index (κ1) is 13.0. The molecule has 0 unspecified atom stereocenters. The molecule has 100 valence electrons. The summed E-state index contributed by atoms with van der Waals surface area (Å²) in [5, 5.41) is 19.8. The van der Waals surface area contributed by atoms with Crippen LogP contribution in [0.4, 0.5) is 0 Å². The Morgan fingerprint density at radius 2 is 2.22 bits per heavy atom.